The summed E-state index contributed by atoms with van der Waals surface area (Å²) in [5.74, 6) is -13.6. The van der Waals surface area contributed by atoms with E-state index < -0.39 is 296 Å². The summed E-state index contributed by atoms with van der Waals surface area (Å²) >= 11 is 0. The predicted octanol–water partition coefficient (Wildman–Crippen LogP) is -4.79. The fourth-order valence-corrected chi connectivity index (χ4v) is 16.1. The van der Waals surface area contributed by atoms with Gasteiger partial charge in [0.1, 0.15) is 140 Å². The van der Waals surface area contributed by atoms with Crippen LogP contribution in [-0.4, -0.2) is 396 Å². The van der Waals surface area contributed by atoms with Gasteiger partial charge in [-0.2, -0.15) is 0 Å². The molecule has 12 unspecified atom stereocenters. The molecule has 6 saturated heterocycles. The lowest BCUT2D eigenvalue weighted by molar-refractivity contribution is -0.407. The number of allylic oxidation sites excluding steroid dienone is 1. The number of rotatable bonds is 56. The van der Waals surface area contributed by atoms with Crippen LogP contribution in [0.15, 0.2) is 12.2 Å². The predicted molar refractivity (Wildman–Crippen MR) is 419 cm³/mol. The van der Waals surface area contributed by atoms with E-state index in [2.05, 4.69) is 29.8 Å². The van der Waals surface area contributed by atoms with E-state index in [4.69, 9.17) is 56.8 Å². The number of hydrogen-bond donors (Lipinski definition) is 25. The summed E-state index contributed by atoms with van der Waals surface area (Å²) in [6.45, 7) is -1.77. The maximum Gasteiger partial charge on any atom is 0.364 e. The highest BCUT2D eigenvalue weighted by atomic mass is 16.8. The molecule has 25 N–H and O–H groups in total. The van der Waals surface area contributed by atoms with Gasteiger partial charge in [0.2, 0.25) is 17.7 Å². The molecular formula is C80H141N3O39. The van der Waals surface area contributed by atoms with Crippen molar-refractivity contribution < 1.29 is 193 Å². The molecule has 122 heavy (non-hydrogen) atoms. The molecular weight excluding hydrogens is 1630 g/mol. The molecule has 0 radical (unpaired) electrons. The van der Waals surface area contributed by atoms with Crippen molar-refractivity contribution in [2.45, 2.75) is 415 Å². The summed E-state index contributed by atoms with van der Waals surface area (Å²) in [5, 5.41) is 254. The van der Waals surface area contributed by atoms with Crippen LogP contribution in [0.1, 0.15) is 207 Å². The molecule has 3 amide bonds. The number of hydrogen-bond acceptors (Lipinski definition) is 37. The minimum absolute atomic E-state index is 0.0987. The molecule has 6 fully saturated rings. The van der Waals surface area contributed by atoms with Gasteiger partial charge in [0.15, 0.2) is 25.2 Å². The van der Waals surface area contributed by atoms with Gasteiger partial charge in [0, 0.05) is 33.1 Å². The maximum atomic E-state index is 13.8. The number of carboxylic acid groups (broad SMARTS) is 2. The number of aliphatic carboxylic acids is 2. The fourth-order valence-electron chi connectivity index (χ4n) is 16.1. The van der Waals surface area contributed by atoms with Gasteiger partial charge in [-0.05, 0) is 19.3 Å². The molecule has 0 spiro atoms. The Kier molecular flexibility index (Phi) is 46.9. The third-order valence-electron chi connectivity index (χ3n) is 23.2. The first-order valence-corrected chi connectivity index (χ1v) is 43.2. The highest BCUT2D eigenvalue weighted by molar-refractivity contribution is 5.77. The van der Waals surface area contributed by atoms with Crippen molar-refractivity contribution in [3.8, 4) is 0 Å². The number of amides is 3. The first-order chi connectivity index (χ1) is 58.2. The lowest BCUT2D eigenvalue weighted by Crippen LogP contribution is -2.72. The number of nitrogens with one attached hydrogen (secondary N) is 3. The van der Waals surface area contributed by atoms with Crippen LogP contribution in [0, 0.1) is 0 Å². The molecule has 6 heterocycles. The molecule has 0 aromatic heterocycles. The van der Waals surface area contributed by atoms with Crippen LogP contribution < -0.4 is 16.0 Å². The van der Waals surface area contributed by atoms with Crippen LogP contribution in [0.3, 0.4) is 0 Å². The zero-order valence-electron chi connectivity index (χ0n) is 70.2. The number of unbranched alkanes of at least 4 members (excludes halogenated alkanes) is 23. The molecule has 42 heteroatoms. The second-order valence-electron chi connectivity index (χ2n) is 32.8. The zero-order valence-corrected chi connectivity index (χ0v) is 70.2. The van der Waals surface area contributed by atoms with Gasteiger partial charge in [0.25, 0.3) is 11.6 Å². The van der Waals surface area contributed by atoms with Crippen LogP contribution in [0.5, 0.6) is 0 Å². The molecule has 0 aliphatic carbocycles. The fraction of sp³-hybridized carbons (Fsp3) is 0.912. The van der Waals surface area contributed by atoms with Crippen LogP contribution in [0.25, 0.3) is 0 Å². The first-order valence-electron chi connectivity index (χ1n) is 43.2. The second-order valence-corrected chi connectivity index (χ2v) is 32.8. The Hall–Kier alpha value is -4.19. The lowest BCUT2D eigenvalue weighted by Gasteiger charge is -2.52. The Balaban J connectivity index is 1.29. The van der Waals surface area contributed by atoms with Crippen molar-refractivity contribution in [1.29, 1.82) is 0 Å². The van der Waals surface area contributed by atoms with Crippen LogP contribution in [0.4, 0.5) is 0 Å². The highest BCUT2D eigenvalue weighted by Crippen LogP contribution is 2.43. The smallest absolute Gasteiger partial charge is 0.364 e. The molecule has 6 aliphatic rings. The van der Waals surface area contributed by atoms with Crippen molar-refractivity contribution in [3.63, 3.8) is 0 Å². The molecule has 0 saturated carbocycles. The minimum atomic E-state index is -3.49. The van der Waals surface area contributed by atoms with E-state index in [0.717, 1.165) is 78.1 Å². The minimum Gasteiger partial charge on any atom is -0.477 e. The number of carboxylic acids is 2. The summed E-state index contributed by atoms with van der Waals surface area (Å²) in [6, 6.07) is -5.07. The van der Waals surface area contributed by atoms with Crippen LogP contribution in [0.2, 0.25) is 0 Å². The quantitative estimate of drug-likeness (QED) is 0.0201. The lowest BCUT2D eigenvalue weighted by atomic mass is 9.88. The topological polar surface area (TPSA) is 677 Å². The molecule has 6 aliphatic heterocycles. The van der Waals surface area contributed by atoms with E-state index in [0.29, 0.717) is 12.8 Å². The molecule has 42 nitrogen and oxygen atoms in total. The molecule has 0 aromatic carbocycles. The summed E-state index contributed by atoms with van der Waals surface area (Å²) in [5.41, 5.74) is 0. The van der Waals surface area contributed by atoms with E-state index in [9.17, 15) is 136 Å². The normalized spacial score (nSPS) is 36.1. The average Bonchev–Trinajstić information content (AvgIpc) is 0.751. The second kappa shape index (κ2) is 53.7. The summed E-state index contributed by atoms with van der Waals surface area (Å²) < 4.78 is 71.8. The van der Waals surface area contributed by atoms with E-state index in [-0.39, 0.29) is 6.42 Å². The van der Waals surface area contributed by atoms with Crippen molar-refractivity contribution in [1.82, 2.24) is 16.0 Å². The number of carbonyl (C=O) groups is 5. The van der Waals surface area contributed by atoms with Crippen molar-refractivity contribution >= 4 is 29.7 Å². The van der Waals surface area contributed by atoms with Gasteiger partial charge < -0.3 is 185 Å². The third-order valence-corrected chi connectivity index (χ3v) is 23.2. The van der Waals surface area contributed by atoms with E-state index in [1.54, 1.807) is 6.08 Å². The van der Waals surface area contributed by atoms with Gasteiger partial charge in [0.05, 0.1) is 76.6 Å². The maximum absolute atomic E-state index is 13.8. The van der Waals surface area contributed by atoms with Crippen LogP contribution in [-0.2, 0) is 80.8 Å². The molecule has 34 atom stereocenters. The van der Waals surface area contributed by atoms with E-state index >= 15 is 0 Å². The van der Waals surface area contributed by atoms with Crippen molar-refractivity contribution in [2.24, 2.45) is 0 Å². The Labute approximate surface area is 709 Å². The van der Waals surface area contributed by atoms with Gasteiger partial charge >= 0.3 is 11.9 Å². The Morgan fingerprint density at radius 2 is 0.828 bits per heavy atom. The third kappa shape index (κ3) is 30.2. The molecule has 710 valence electrons. The zero-order chi connectivity index (χ0) is 90.1. The van der Waals surface area contributed by atoms with Gasteiger partial charge in [-0.1, -0.05) is 167 Å². The summed E-state index contributed by atoms with van der Waals surface area (Å²) in [6.07, 6.45) is -37.2. The van der Waals surface area contributed by atoms with Gasteiger partial charge in [-0.3, -0.25) is 14.4 Å². The summed E-state index contributed by atoms with van der Waals surface area (Å²) in [7, 11) is 0. The summed E-state index contributed by atoms with van der Waals surface area (Å²) in [4.78, 5) is 66.5. The highest BCUT2D eigenvalue weighted by Gasteiger charge is 2.64. The Morgan fingerprint density at radius 3 is 1.32 bits per heavy atom. The number of ether oxygens (including phenoxy) is 12. The van der Waals surface area contributed by atoms with Crippen LogP contribution >= 0.6 is 0 Å². The molecule has 0 bridgehead atoms. The Morgan fingerprint density at radius 1 is 0.426 bits per heavy atom. The number of aliphatic hydroxyl groups excluding tert-OH is 20. The molecule has 0 aromatic rings. The van der Waals surface area contributed by atoms with Crippen molar-refractivity contribution in [3.05, 3.63) is 12.2 Å². The van der Waals surface area contributed by atoms with Gasteiger partial charge in [-0.15, -0.1) is 0 Å². The largest absolute Gasteiger partial charge is 0.477 e. The SMILES string of the molecule is CCCCCCCCCCCCC/C=C/[C@@H](O)[C@H](CO[C@@H]1OC(CO)[C@@H](O[C@@H]2OC(CO)[C@H](O[C@@H]3OC(CO)[C@H](O)[C@H](O[C@@H]4OC(CO)[C@H](O)[C@H](O[C@]5(C(=O)O)CC(O)[C@@H](NC(C)=O)C([C@H](O)[C@H](O)CO)O5)C4O)C3NC(C)=O)[C@H](O[C@]3(C(=O)O)CC(O)[C@@H](O)C([C@H](O)[C@H](O)CO)O3)C2O)[C@H](O)C1O)NC(=O)CCCCCCCCCCCCCCC. The standard InChI is InChI=1S/C80H141N3O39/c1-5-7-9-11-13-15-17-19-21-23-25-27-29-31-45(92)44(83-54(97)32-30-28-26-24-22-20-18-16-14-12-10-8-6-2)41-111-74-63(104)62(103)66(52(39-88)114-74)116-76-65(106)72(122-80(78(109)110)34-47(94)57(98)70(120-80)59(100)49(96)36-85)67(53(40-89)115-76)117-73-56(82-43(4)91)68(60(101)50(37-86)112-73)118-75-64(105)71(61(102)51(38-87)113-75)121-79(77(107)108)33-46(93)55(81-42(3)90)69(119-79)58(99)48(95)35-84/h29,31,44-53,55-76,84-89,92-96,98-106H,5-28,30,32-41H2,1-4H3,(H,81,90)(H,82,91)(H,83,97)(H,107,108)(H,109,110)/b31-29+/t44-,45+,46?,47?,48+,49+,50?,51?,52?,53?,55+,56?,57+,58+,59+,60-,61-,62+,63?,64?,65?,66+,67-,68+,69?,70?,71-,72+,73-,74+,75-,76-,79-,80-/m0/s1. The van der Waals surface area contributed by atoms with E-state index in [1.165, 1.54) is 89.5 Å². The van der Waals surface area contributed by atoms with Gasteiger partial charge in [-0.25, -0.2) is 9.59 Å². The molecule has 6 rings (SSSR count). The number of aliphatic hydroxyl groups is 20. The Bertz CT molecular complexity index is 3030. The van der Waals surface area contributed by atoms with Crippen molar-refractivity contribution in [2.75, 3.05) is 46.2 Å². The number of carbonyl (C=O) groups excluding carboxylic acids is 3. The average molecular weight is 1770 g/mol. The van der Waals surface area contributed by atoms with E-state index in [1.807, 2.05) is 0 Å². The first kappa shape index (κ1) is 107. The monoisotopic (exact) mass is 1770 g/mol.